The number of ether oxygens (including phenoxy) is 2. The van der Waals surface area contributed by atoms with Gasteiger partial charge >= 0.3 is 0 Å². The summed E-state index contributed by atoms with van der Waals surface area (Å²) in [6.45, 7) is 4.40. The van der Waals surface area contributed by atoms with Crippen LogP contribution in [0.25, 0.3) is 0 Å². The minimum atomic E-state index is -0.456. The van der Waals surface area contributed by atoms with Crippen molar-refractivity contribution in [1.82, 2.24) is 24.5 Å². The molecule has 0 spiro atoms. The molecule has 1 N–H and O–H groups in total. The molecule has 1 fully saturated rings. The second-order valence-electron chi connectivity index (χ2n) is 7.17. The van der Waals surface area contributed by atoms with Gasteiger partial charge in [0.05, 0.1) is 30.1 Å². The van der Waals surface area contributed by atoms with E-state index in [1.165, 1.54) is 10.9 Å². The van der Waals surface area contributed by atoms with Crippen molar-refractivity contribution in [3.05, 3.63) is 57.5 Å². The van der Waals surface area contributed by atoms with Crippen LogP contribution in [-0.4, -0.2) is 62.6 Å². The standard InChI is InChI=1S/C21H22BrClN6O4/c1-2-29-19(21(31)27-7-9-32-10-8-27)17(12-24-29)25-20(30)16-5-6-28(26-16)13-33-18-4-3-14(22)11-15(18)23/h3-6,11-12H,2,7-10,13H2,1H3,(H,25,30). The molecule has 4 rings (SSSR count). The molecule has 0 aliphatic carbocycles. The zero-order chi connectivity index (χ0) is 23.4. The maximum absolute atomic E-state index is 13.1. The van der Waals surface area contributed by atoms with E-state index in [9.17, 15) is 9.59 Å². The molecule has 174 valence electrons. The van der Waals surface area contributed by atoms with E-state index in [1.54, 1.807) is 34.0 Å². The van der Waals surface area contributed by atoms with E-state index >= 15 is 0 Å². The Morgan fingerprint density at radius 3 is 2.79 bits per heavy atom. The van der Waals surface area contributed by atoms with Crippen LogP contribution in [0.1, 0.15) is 27.9 Å². The third-order valence-electron chi connectivity index (χ3n) is 5.01. The predicted molar refractivity (Wildman–Crippen MR) is 125 cm³/mol. The molecule has 0 unspecified atom stereocenters. The minimum absolute atomic E-state index is 0.0726. The zero-order valence-electron chi connectivity index (χ0n) is 17.8. The number of rotatable bonds is 7. The van der Waals surface area contributed by atoms with E-state index in [1.807, 2.05) is 13.0 Å². The highest BCUT2D eigenvalue weighted by molar-refractivity contribution is 9.10. The highest BCUT2D eigenvalue weighted by Crippen LogP contribution is 2.28. The molecule has 12 heteroatoms. The Balaban J connectivity index is 1.44. The Morgan fingerprint density at radius 2 is 2.06 bits per heavy atom. The van der Waals surface area contributed by atoms with E-state index in [0.29, 0.717) is 55.0 Å². The lowest BCUT2D eigenvalue weighted by Gasteiger charge is -2.27. The predicted octanol–water partition coefficient (Wildman–Crippen LogP) is 3.28. The fraction of sp³-hybridized carbons (Fsp3) is 0.333. The van der Waals surface area contributed by atoms with Crippen LogP contribution in [-0.2, 0) is 18.0 Å². The van der Waals surface area contributed by atoms with Crippen molar-refractivity contribution in [2.45, 2.75) is 20.2 Å². The summed E-state index contributed by atoms with van der Waals surface area (Å²) in [6, 6.07) is 6.85. The van der Waals surface area contributed by atoms with E-state index in [0.717, 1.165) is 4.47 Å². The Bertz CT molecular complexity index is 1160. The first-order valence-corrected chi connectivity index (χ1v) is 11.5. The van der Waals surface area contributed by atoms with Crippen LogP contribution in [0.15, 0.2) is 41.1 Å². The molecule has 0 atom stereocenters. The number of carbonyl (C=O) groups is 2. The molecule has 2 aromatic heterocycles. The number of aromatic nitrogens is 4. The van der Waals surface area contributed by atoms with Gasteiger partial charge in [-0.15, -0.1) is 0 Å². The molecule has 33 heavy (non-hydrogen) atoms. The van der Waals surface area contributed by atoms with E-state index < -0.39 is 5.91 Å². The van der Waals surface area contributed by atoms with Crippen molar-refractivity contribution >= 4 is 45.0 Å². The lowest BCUT2D eigenvalue weighted by molar-refractivity contribution is 0.0295. The first kappa shape index (κ1) is 23.3. The Kier molecular flexibility index (Phi) is 7.31. The number of anilines is 1. The number of morpholine rings is 1. The van der Waals surface area contributed by atoms with Crippen molar-refractivity contribution in [3.63, 3.8) is 0 Å². The van der Waals surface area contributed by atoms with Crippen molar-refractivity contribution in [1.29, 1.82) is 0 Å². The summed E-state index contributed by atoms with van der Waals surface area (Å²) < 4.78 is 14.9. The highest BCUT2D eigenvalue weighted by Gasteiger charge is 2.26. The molecule has 0 radical (unpaired) electrons. The van der Waals surface area contributed by atoms with E-state index in [-0.39, 0.29) is 18.3 Å². The summed E-state index contributed by atoms with van der Waals surface area (Å²) in [7, 11) is 0. The van der Waals surface area contributed by atoms with Crippen LogP contribution in [0.5, 0.6) is 5.75 Å². The van der Waals surface area contributed by atoms with Gasteiger partial charge in [0.15, 0.2) is 12.4 Å². The molecule has 1 aliphatic rings. The van der Waals surface area contributed by atoms with E-state index in [4.69, 9.17) is 21.1 Å². The van der Waals surface area contributed by atoms with Crippen molar-refractivity contribution in [2.75, 3.05) is 31.6 Å². The van der Waals surface area contributed by atoms with Crippen molar-refractivity contribution < 1.29 is 19.1 Å². The third-order valence-corrected chi connectivity index (χ3v) is 5.80. The number of benzene rings is 1. The zero-order valence-corrected chi connectivity index (χ0v) is 20.2. The van der Waals surface area contributed by atoms with Gasteiger partial charge in [-0.1, -0.05) is 27.5 Å². The largest absolute Gasteiger partial charge is 0.470 e. The Hall–Kier alpha value is -2.89. The molecule has 3 heterocycles. The second-order valence-corrected chi connectivity index (χ2v) is 8.49. The molecular weight excluding hydrogens is 516 g/mol. The number of amides is 2. The number of aryl methyl sites for hydroxylation is 1. The smallest absolute Gasteiger partial charge is 0.276 e. The summed E-state index contributed by atoms with van der Waals surface area (Å²) in [5.74, 6) is -0.153. The van der Waals surface area contributed by atoms with Crippen LogP contribution in [0, 0.1) is 0 Å². The number of nitrogens with zero attached hydrogens (tertiary/aromatic N) is 5. The van der Waals surface area contributed by atoms with Gasteiger partial charge in [-0.3, -0.25) is 14.3 Å². The van der Waals surface area contributed by atoms with Crippen LogP contribution in [0.2, 0.25) is 5.02 Å². The molecule has 1 aromatic carbocycles. The van der Waals surface area contributed by atoms with Gasteiger partial charge in [0.25, 0.3) is 11.8 Å². The lowest BCUT2D eigenvalue weighted by atomic mass is 10.2. The first-order valence-electron chi connectivity index (χ1n) is 10.3. The van der Waals surface area contributed by atoms with Gasteiger partial charge in [0, 0.05) is 30.3 Å². The average Bonchev–Trinajstić information content (AvgIpc) is 3.45. The molecule has 1 saturated heterocycles. The molecule has 1 aliphatic heterocycles. The monoisotopic (exact) mass is 536 g/mol. The molecule has 3 aromatic rings. The fourth-order valence-electron chi connectivity index (χ4n) is 3.33. The highest BCUT2D eigenvalue weighted by atomic mass is 79.9. The summed E-state index contributed by atoms with van der Waals surface area (Å²) >= 11 is 9.50. The minimum Gasteiger partial charge on any atom is -0.470 e. The molecule has 2 amide bonds. The topological polar surface area (TPSA) is 104 Å². The molecular formula is C21H22BrClN6O4. The van der Waals surface area contributed by atoms with Gasteiger partial charge in [-0.05, 0) is 31.2 Å². The quantitative estimate of drug-likeness (QED) is 0.496. The summed E-state index contributed by atoms with van der Waals surface area (Å²) in [4.78, 5) is 27.6. The van der Waals surface area contributed by atoms with Gasteiger partial charge in [0.1, 0.15) is 11.4 Å². The van der Waals surface area contributed by atoms with Crippen LogP contribution in [0.4, 0.5) is 5.69 Å². The third kappa shape index (κ3) is 5.37. The van der Waals surface area contributed by atoms with Crippen LogP contribution < -0.4 is 10.1 Å². The maximum Gasteiger partial charge on any atom is 0.276 e. The van der Waals surface area contributed by atoms with Gasteiger partial charge in [0.2, 0.25) is 0 Å². The van der Waals surface area contributed by atoms with Gasteiger partial charge < -0.3 is 19.7 Å². The number of hydrogen-bond donors (Lipinski definition) is 1. The summed E-state index contributed by atoms with van der Waals surface area (Å²) in [5.41, 5.74) is 0.848. The first-order chi connectivity index (χ1) is 16.0. The summed E-state index contributed by atoms with van der Waals surface area (Å²) in [5, 5.41) is 11.7. The van der Waals surface area contributed by atoms with Crippen molar-refractivity contribution in [3.8, 4) is 5.75 Å². The van der Waals surface area contributed by atoms with Crippen LogP contribution >= 0.6 is 27.5 Å². The maximum atomic E-state index is 13.1. The Labute approximate surface area is 203 Å². The second kappa shape index (κ2) is 10.4. The molecule has 10 nitrogen and oxygen atoms in total. The van der Waals surface area contributed by atoms with Crippen molar-refractivity contribution in [2.24, 2.45) is 0 Å². The normalized spacial score (nSPS) is 13.7. The fourth-order valence-corrected chi connectivity index (χ4v) is 4.06. The molecule has 0 bridgehead atoms. The van der Waals surface area contributed by atoms with Gasteiger partial charge in [-0.2, -0.15) is 10.2 Å². The number of halogens is 2. The number of nitrogens with one attached hydrogen (secondary N) is 1. The van der Waals surface area contributed by atoms with Gasteiger partial charge in [-0.25, -0.2) is 4.68 Å². The molecule has 0 saturated carbocycles. The summed E-state index contributed by atoms with van der Waals surface area (Å²) in [6.07, 6.45) is 3.10. The van der Waals surface area contributed by atoms with Crippen LogP contribution in [0.3, 0.4) is 0 Å². The van der Waals surface area contributed by atoms with E-state index in [2.05, 4.69) is 31.4 Å². The SMILES string of the molecule is CCn1ncc(NC(=O)c2ccn(COc3ccc(Br)cc3Cl)n2)c1C(=O)N1CCOCC1. The average molecular weight is 538 g/mol. The number of carbonyl (C=O) groups excluding carboxylic acids is 2. The number of hydrogen-bond acceptors (Lipinski definition) is 6. The lowest BCUT2D eigenvalue weighted by Crippen LogP contribution is -2.41. The Morgan fingerprint density at radius 1 is 1.27 bits per heavy atom.